The highest BCUT2D eigenvalue weighted by molar-refractivity contribution is 5.31. The highest BCUT2D eigenvalue weighted by Gasteiger charge is 2.04. The number of pyridine rings is 1. The molecule has 0 spiro atoms. The van der Waals surface area contributed by atoms with Crippen molar-refractivity contribution >= 4 is 0 Å². The van der Waals surface area contributed by atoms with E-state index in [1.54, 1.807) is 24.1 Å². The first-order valence-corrected chi connectivity index (χ1v) is 4.44. The largest absolute Gasteiger partial charge is 0.481 e. The summed E-state index contributed by atoms with van der Waals surface area (Å²) in [6.45, 7) is 0.339. The molecule has 2 rings (SSSR count). The molecule has 0 aliphatic carbocycles. The number of nitrogens with two attached hydrogens (primary N) is 1. The molecule has 6 nitrogen and oxygen atoms in total. The Morgan fingerprint density at radius 1 is 1.40 bits per heavy atom. The van der Waals surface area contributed by atoms with E-state index < -0.39 is 0 Å². The van der Waals surface area contributed by atoms with E-state index in [1.165, 1.54) is 6.33 Å². The maximum atomic E-state index is 5.52. The van der Waals surface area contributed by atoms with E-state index in [-0.39, 0.29) is 0 Å². The number of hydrogen-bond acceptors (Lipinski definition) is 5. The number of nitrogens with zero attached hydrogens (tertiary/aromatic N) is 4. The standard InChI is InChI=1S/C9H11N5O/c1-15-9-3-2-7(5-11-9)14-8(4-10)12-6-13-14/h2-3,5-6H,4,10H2,1H3. The second kappa shape index (κ2) is 4.05. The van der Waals surface area contributed by atoms with Crippen LogP contribution in [0.2, 0.25) is 0 Å². The summed E-state index contributed by atoms with van der Waals surface area (Å²) in [5, 5.41) is 4.06. The van der Waals surface area contributed by atoms with Crippen LogP contribution in [0.1, 0.15) is 5.82 Å². The highest BCUT2D eigenvalue weighted by atomic mass is 16.5. The monoisotopic (exact) mass is 205 g/mol. The van der Waals surface area contributed by atoms with Crippen molar-refractivity contribution in [3.8, 4) is 11.6 Å². The van der Waals surface area contributed by atoms with Crippen molar-refractivity contribution in [2.24, 2.45) is 5.73 Å². The Balaban J connectivity index is 2.37. The quantitative estimate of drug-likeness (QED) is 0.770. The van der Waals surface area contributed by atoms with E-state index in [1.807, 2.05) is 6.07 Å². The lowest BCUT2D eigenvalue weighted by molar-refractivity contribution is 0.397. The van der Waals surface area contributed by atoms with Gasteiger partial charge in [0.25, 0.3) is 0 Å². The third-order valence-electron chi connectivity index (χ3n) is 1.98. The predicted octanol–water partition coefficient (Wildman–Crippen LogP) is 0.130. The average Bonchev–Trinajstić information content (AvgIpc) is 2.77. The van der Waals surface area contributed by atoms with Crippen LogP contribution in [0.4, 0.5) is 0 Å². The van der Waals surface area contributed by atoms with Gasteiger partial charge in [0.1, 0.15) is 12.2 Å². The van der Waals surface area contributed by atoms with Crippen LogP contribution in [0.15, 0.2) is 24.7 Å². The van der Waals surface area contributed by atoms with E-state index in [0.29, 0.717) is 18.2 Å². The summed E-state index contributed by atoms with van der Waals surface area (Å²) in [5.41, 5.74) is 6.33. The molecule has 2 N–H and O–H groups in total. The lowest BCUT2D eigenvalue weighted by Gasteiger charge is -2.04. The van der Waals surface area contributed by atoms with E-state index in [4.69, 9.17) is 10.5 Å². The van der Waals surface area contributed by atoms with E-state index in [9.17, 15) is 0 Å². The minimum atomic E-state index is 0.339. The molecule has 0 radical (unpaired) electrons. The summed E-state index contributed by atoms with van der Waals surface area (Å²) >= 11 is 0. The second-order valence-electron chi connectivity index (χ2n) is 2.85. The van der Waals surface area contributed by atoms with Crippen LogP contribution in [-0.2, 0) is 6.54 Å². The fourth-order valence-corrected chi connectivity index (χ4v) is 1.24. The fraction of sp³-hybridized carbons (Fsp3) is 0.222. The van der Waals surface area contributed by atoms with Gasteiger partial charge in [-0.3, -0.25) is 0 Å². The molecule has 0 saturated carbocycles. The molecule has 0 aliphatic heterocycles. The molecule has 2 aromatic heterocycles. The summed E-state index contributed by atoms with van der Waals surface area (Å²) in [7, 11) is 1.57. The van der Waals surface area contributed by atoms with Gasteiger partial charge in [0.2, 0.25) is 5.88 Å². The predicted molar refractivity (Wildman–Crippen MR) is 53.6 cm³/mol. The number of hydrogen-bond donors (Lipinski definition) is 1. The molecule has 0 saturated heterocycles. The van der Waals surface area contributed by atoms with Crippen molar-refractivity contribution in [1.82, 2.24) is 19.7 Å². The summed E-state index contributed by atoms with van der Waals surface area (Å²) < 4.78 is 6.61. The molecule has 2 heterocycles. The van der Waals surface area contributed by atoms with Gasteiger partial charge in [-0.1, -0.05) is 0 Å². The molecule has 0 fully saturated rings. The molecule has 0 aromatic carbocycles. The normalized spacial score (nSPS) is 10.3. The Hall–Kier alpha value is -1.95. The van der Waals surface area contributed by atoms with Gasteiger partial charge in [-0.05, 0) is 6.07 Å². The van der Waals surface area contributed by atoms with Crippen molar-refractivity contribution in [2.45, 2.75) is 6.54 Å². The Morgan fingerprint density at radius 3 is 2.87 bits per heavy atom. The van der Waals surface area contributed by atoms with Crippen molar-refractivity contribution < 1.29 is 4.74 Å². The molecule has 2 aromatic rings. The van der Waals surface area contributed by atoms with Crippen LogP contribution in [-0.4, -0.2) is 26.9 Å². The van der Waals surface area contributed by atoms with Gasteiger partial charge in [0.15, 0.2) is 0 Å². The summed E-state index contributed by atoms with van der Waals surface area (Å²) in [6.07, 6.45) is 3.12. The number of ether oxygens (including phenoxy) is 1. The maximum absolute atomic E-state index is 5.52. The van der Waals surface area contributed by atoms with Crippen LogP contribution in [0.3, 0.4) is 0 Å². The van der Waals surface area contributed by atoms with Crippen molar-refractivity contribution in [3.63, 3.8) is 0 Å². The fourth-order valence-electron chi connectivity index (χ4n) is 1.24. The SMILES string of the molecule is COc1ccc(-n2ncnc2CN)cn1. The van der Waals surface area contributed by atoms with Gasteiger partial charge in [-0.25, -0.2) is 14.6 Å². The second-order valence-corrected chi connectivity index (χ2v) is 2.85. The van der Waals surface area contributed by atoms with Crippen LogP contribution >= 0.6 is 0 Å². The zero-order valence-electron chi connectivity index (χ0n) is 8.29. The molecule has 6 heteroatoms. The summed E-state index contributed by atoms with van der Waals surface area (Å²) in [5.74, 6) is 1.26. The van der Waals surface area contributed by atoms with Crippen LogP contribution in [0.5, 0.6) is 5.88 Å². The maximum Gasteiger partial charge on any atom is 0.213 e. The smallest absolute Gasteiger partial charge is 0.213 e. The first kappa shape index (κ1) is 9.60. The molecule has 0 aliphatic rings. The molecule has 15 heavy (non-hydrogen) atoms. The average molecular weight is 205 g/mol. The van der Waals surface area contributed by atoms with E-state index in [0.717, 1.165) is 5.69 Å². The third-order valence-corrected chi connectivity index (χ3v) is 1.98. The Morgan fingerprint density at radius 2 is 2.27 bits per heavy atom. The molecule has 0 atom stereocenters. The van der Waals surface area contributed by atoms with Gasteiger partial charge in [-0.15, -0.1) is 0 Å². The zero-order valence-corrected chi connectivity index (χ0v) is 8.29. The summed E-state index contributed by atoms with van der Waals surface area (Å²) in [4.78, 5) is 8.10. The molecule has 0 amide bonds. The van der Waals surface area contributed by atoms with E-state index in [2.05, 4.69) is 15.1 Å². The van der Waals surface area contributed by atoms with Gasteiger partial charge >= 0.3 is 0 Å². The Bertz CT molecular complexity index is 436. The topological polar surface area (TPSA) is 78.8 Å². The number of methoxy groups -OCH3 is 1. The van der Waals surface area contributed by atoms with Gasteiger partial charge in [0, 0.05) is 6.07 Å². The Kier molecular flexibility index (Phi) is 2.59. The molecular formula is C9H11N5O. The lowest BCUT2D eigenvalue weighted by Crippen LogP contribution is -2.08. The zero-order chi connectivity index (χ0) is 10.7. The molecular weight excluding hydrogens is 194 g/mol. The molecule has 78 valence electrons. The minimum absolute atomic E-state index is 0.339. The number of aromatic nitrogens is 4. The lowest BCUT2D eigenvalue weighted by atomic mass is 10.4. The first-order chi connectivity index (χ1) is 7.35. The third kappa shape index (κ3) is 1.79. The highest BCUT2D eigenvalue weighted by Crippen LogP contribution is 2.11. The van der Waals surface area contributed by atoms with Gasteiger partial charge < -0.3 is 10.5 Å². The van der Waals surface area contributed by atoms with Crippen molar-refractivity contribution in [2.75, 3.05) is 7.11 Å². The molecule has 0 bridgehead atoms. The first-order valence-electron chi connectivity index (χ1n) is 4.44. The van der Waals surface area contributed by atoms with Crippen LogP contribution in [0, 0.1) is 0 Å². The van der Waals surface area contributed by atoms with E-state index >= 15 is 0 Å². The minimum Gasteiger partial charge on any atom is -0.481 e. The van der Waals surface area contributed by atoms with Crippen LogP contribution < -0.4 is 10.5 Å². The number of rotatable bonds is 3. The summed E-state index contributed by atoms with van der Waals surface area (Å²) in [6, 6.07) is 3.61. The van der Waals surface area contributed by atoms with Gasteiger partial charge in [-0.2, -0.15) is 5.10 Å². The van der Waals surface area contributed by atoms with Crippen LogP contribution in [0.25, 0.3) is 5.69 Å². The van der Waals surface area contributed by atoms with Crippen molar-refractivity contribution in [1.29, 1.82) is 0 Å². The Labute approximate surface area is 86.7 Å². The molecule has 0 unspecified atom stereocenters. The van der Waals surface area contributed by atoms with Crippen molar-refractivity contribution in [3.05, 3.63) is 30.5 Å². The van der Waals surface area contributed by atoms with Gasteiger partial charge in [0.05, 0.1) is 25.5 Å².